The number of para-hydroxylation sites is 1. The highest BCUT2D eigenvalue weighted by Gasteiger charge is 2.19. The predicted molar refractivity (Wildman–Crippen MR) is 78.7 cm³/mol. The van der Waals surface area contributed by atoms with E-state index in [9.17, 15) is 9.59 Å². The third kappa shape index (κ3) is 3.57. The highest BCUT2D eigenvalue weighted by atomic mass is 16.2. The van der Waals surface area contributed by atoms with Gasteiger partial charge in [0.25, 0.3) is 5.91 Å². The van der Waals surface area contributed by atoms with Crippen molar-refractivity contribution in [3.8, 4) is 0 Å². The minimum absolute atomic E-state index is 0.0524. The van der Waals surface area contributed by atoms with Gasteiger partial charge in [-0.2, -0.15) is 0 Å². The maximum atomic E-state index is 12.1. The van der Waals surface area contributed by atoms with E-state index >= 15 is 0 Å². The van der Waals surface area contributed by atoms with Crippen molar-refractivity contribution in [1.82, 2.24) is 10.2 Å². The van der Waals surface area contributed by atoms with Crippen LogP contribution < -0.4 is 10.6 Å². The molecule has 1 heterocycles. The minimum atomic E-state index is -0.111. The van der Waals surface area contributed by atoms with E-state index in [0.717, 1.165) is 19.4 Å². The zero-order valence-electron chi connectivity index (χ0n) is 12.0. The third-order valence-corrected chi connectivity index (χ3v) is 3.43. The quantitative estimate of drug-likeness (QED) is 0.874. The fourth-order valence-electron chi connectivity index (χ4n) is 2.38. The van der Waals surface area contributed by atoms with Crippen LogP contribution in [-0.4, -0.2) is 43.4 Å². The molecule has 0 saturated carbocycles. The van der Waals surface area contributed by atoms with Crippen LogP contribution in [0, 0.1) is 0 Å². The van der Waals surface area contributed by atoms with E-state index in [1.165, 1.54) is 4.90 Å². The Morgan fingerprint density at radius 1 is 1.35 bits per heavy atom. The fraction of sp³-hybridized carbons (Fsp3) is 0.467. The van der Waals surface area contributed by atoms with Crippen LogP contribution in [0.1, 0.15) is 29.6 Å². The Kier molecular flexibility index (Phi) is 4.74. The highest BCUT2D eigenvalue weighted by molar-refractivity contribution is 6.03. The van der Waals surface area contributed by atoms with E-state index < -0.39 is 0 Å². The van der Waals surface area contributed by atoms with Crippen molar-refractivity contribution in [2.75, 3.05) is 26.0 Å². The maximum absolute atomic E-state index is 12.1. The SMILES string of the molecule is CN(C)C(=O)c1ccccc1NC(=O)CC1CCCN1. The Morgan fingerprint density at radius 3 is 2.75 bits per heavy atom. The van der Waals surface area contributed by atoms with Gasteiger partial charge in [-0.15, -0.1) is 0 Å². The van der Waals surface area contributed by atoms with Crippen LogP contribution >= 0.6 is 0 Å². The molecule has 1 aromatic carbocycles. The van der Waals surface area contributed by atoms with E-state index in [4.69, 9.17) is 0 Å². The fourth-order valence-corrected chi connectivity index (χ4v) is 2.38. The summed E-state index contributed by atoms with van der Waals surface area (Å²) in [6.07, 6.45) is 2.60. The molecule has 0 aliphatic carbocycles. The standard InChI is InChI=1S/C15H21N3O2/c1-18(2)15(20)12-7-3-4-8-13(12)17-14(19)10-11-6-5-9-16-11/h3-4,7-8,11,16H,5-6,9-10H2,1-2H3,(H,17,19). The number of nitrogens with one attached hydrogen (secondary N) is 2. The van der Waals surface area contributed by atoms with Crippen molar-refractivity contribution >= 4 is 17.5 Å². The van der Waals surface area contributed by atoms with Crippen LogP contribution in [0.2, 0.25) is 0 Å². The Labute approximate surface area is 119 Å². The molecule has 2 N–H and O–H groups in total. The van der Waals surface area contributed by atoms with Gasteiger partial charge in [0.05, 0.1) is 11.3 Å². The van der Waals surface area contributed by atoms with Crippen molar-refractivity contribution in [2.45, 2.75) is 25.3 Å². The Bertz CT molecular complexity index is 494. The summed E-state index contributed by atoms with van der Waals surface area (Å²) in [7, 11) is 3.40. The van der Waals surface area contributed by atoms with Gasteiger partial charge in [-0.05, 0) is 31.5 Å². The number of rotatable bonds is 4. The predicted octanol–water partition coefficient (Wildman–Crippen LogP) is 1.47. The second-order valence-corrected chi connectivity index (χ2v) is 5.29. The molecule has 2 rings (SSSR count). The molecule has 20 heavy (non-hydrogen) atoms. The van der Waals surface area contributed by atoms with Gasteiger partial charge in [-0.1, -0.05) is 12.1 Å². The van der Waals surface area contributed by atoms with Gasteiger partial charge in [0.1, 0.15) is 0 Å². The number of carbonyl (C=O) groups excluding carboxylic acids is 2. The number of benzene rings is 1. The maximum Gasteiger partial charge on any atom is 0.255 e. The third-order valence-electron chi connectivity index (χ3n) is 3.43. The summed E-state index contributed by atoms with van der Waals surface area (Å²) in [5.41, 5.74) is 1.10. The van der Waals surface area contributed by atoms with Crippen LogP contribution in [0.15, 0.2) is 24.3 Å². The van der Waals surface area contributed by atoms with Gasteiger partial charge >= 0.3 is 0 Å². The number of amides is 2. The molecular formula is C15H21N3O2. The Hall–Kier alpha value is -1.88. The summed E-state index contributed by atoms with van der Waals surface area (Å²) >= 11 is 0. The summed E-state index contributed by atoms with van der Waals surface area (Å²) in [4.78, 5) is 25.6. The first-order chi connectivity index (χ1) is 9.58. The monoisotopic (exact) mass is 275 g/mol. The molecule has 1 fully saturated rings. The number of anilines is 1. The molecule has 0 bridgehead atoms. The molecule has 0 aromatic heterocycles. The van der Waals surface area contributed by atoms with Crippen molar-refractivity contribution in [3.63, 3.8) is 0 Å². The minimum Gasteiger partial charge on any atom is -0.345 e. The summed E-state index contributed by atoms with van der Waals surface area (Å²) in [6, 6.07) is 7.36. The molecule has 1 atom stereocenters. The number of hydrogen-bond donors (Lipinski definition) is 2. The smallest absolute Gasteiger partial charge is 0.255 e. The summed E-state index contributed by atoms with van der Waals surface area (Å²) in [6.45, 7) is 0.980. The largest absolute Gasteiger partial charge is 0.345 e. The zero-order chi connectivity index (χ0) is 14.5. The first-order valence-corrected chi connectivity index (χ1v) is 6.92. The number of carbonyl (C=O) groups is 2. The van der Waals surface area contributed by atoms with Crippen LogP contribution in [0.25, 0.3) is 0 Å². The second-order valence-electron chi connectivity index (χ2n) is 5.29. The molecule has 1 aromatic rings. The van der Waals surface area contributed by atoms with Crippen LogP contribution in [0.5, 0.6) is 0 Å². The van der Waals surface area contributed by atoms with E-state index in [-0.39, 0.29) is 17.9 Å². The molecule has 5 heteroatoms. The lowest BCUT2D eigenvalue weighted by Crippen LogP contribution is -2.28. The molecule has 5 nitrogen and oxygen atoms in total. The molecule has 1 aliphatic rings. The van der Waals surface area contributed by atoms with Gasteiger partial charge in [0.2, 0.25) is 5.91 Å². The van der Waals surface area contributed by atoms with Gasteiger partial charge in [-0.25, -0.2) is 0 Å². The first kappa shape index (κ1) is 14.5. The molecule has 108 valence electrons. The van der Waals surface area contributed by atoms with E-state index in [0.29, 0.717) is 17.7 Å². The summed E-state index contributed by atoms with van der Waals surface area (Å²) in [5, 5.41) is 6.14. The first-order valence-electron chi connectivity index (χ1n) is 6.92. The average Bonchev–Trinajstić information content (AvgIpc) is 2.91. The molecule has 2 amide bonds. The van der Waals surface area contributed by atoms with E-state index in [1.54, 1.807) is 32.3 Å². The van der Waals surface area contributed by atoms with Crippen LogP contribution in [-0.2, 0) is 4.79 Å². The van der Waals surface area contributed by atoms with Gasteiger partial charge < -0.3 is 15.5 Å². The molecule has 1 aliphatic heterocycles. The van der Waals surface area contributed by atoms with Gasteiger partial charge in [-0.3, -0.25) is 9.59 Å². The number of hydrogen-bond acceptors (Lipinski definition) is 3. The van der Waals surface area contributed by atoms with Crippen molar-refractivity contribution in [1.29, 1.82) is 0 Å². The van der Waals surface area contributed by atoms with Crippen molar-refractivity contribution in [2.24, 2.45) is 0 Å². The average molecular weight is 275 g/mol. The Balaban J connectivity index is 2.04. The number of nitrogens with zero attached hydrogens (tertiary/aromatic N) is 1. The molecule has 0 radical (unpaired) electrons. The van der Waals surface area contributed by atoms with Gasteiger partial charge in [0.15, 0.2) is 0 Å². The van der Waals surface area contributed by atoms with Gasteiger partial charge in [0, 0.05) is 26.6 Å². The highest BCUT2D eigenvalue weighted by Crippen LogP contribution is 2.17. The van der Waals surface area contributed by atoms with Crippen molar-refractivity contribution in [3.05, 3.63) is 29.8 Å². The van der Waals surface area contributed by atoms with Crippen LogP contribution in [0.3, 0.4) is 0 Å². The second kappa shape index (κ2) is 6.52. The Morgan fingerprint density at radius 2 is 2.10 bits per heavy atom. The van der Waals surface area contributed by atoms with Crippen molar-refractivity contribution < 1.29 is 9.59 Å². The lowest BCUT2D eigenvalue weighted by Gasteiger charge is -2.15. The molecular weight excluding hydrogens is 254 g/mol. The normalized spacial score (nSPS) is 17.8. The topological polar surface area (TPSA) is 61.4 Å². The zero-order valence-corrected chi connectivity index (χ0v) is 12.0. The molecule has 1 unspecified atom stereocenters. The van der Waals surface area contributed by atoms with E-state index in [2.05, 4.69) is 10.6 Å². The van der Waals surface area contributed by atoms with Crippen LogP contribution in [0.4, 0.5) is 5.69 Å². The molecule has 1 saturated heterocycles. The lowest BCUT2D eigenvalue weighted by atomic mass is 10.1. The van der Waals surface area contributed by atoms with E-state index in [1.807, 2.05) is 6.07 Å². The lowest BCUT2D eigenvalue weighted by molar-refractivity contribution is -0.116. The molecule has 0 spiro atoms. The summed E-state index contributed by atoms with van der Waals surface area (Å²) in [5.74, 6) is -0.164. The summed E-state index contributed by atoms with van der Waals surface area (Å²) < 4.78 is 0.